The van der Waals surface area contributed by atoms with Gasteiger partial charge in [-0.2, -0.15) is 0 Å². The van der Waals surface area contributed by atoms with Gasteiger partial charge in [-0.3, -0.25) is 9.59 Å². The molecule has 132 valence electrons. The van der Waals surface area contributed by atoms with Gasteiger partial charge >= 0.3 is 5.97 Å². The van der Waals surface area contributed by atoms with E-state index in [4.69, 9.17) is 14.6 Å². The average molecular weight is 343 g/mol. The van der Waals surface area contributed by atoms with Crippen LogP contribution in [0.2, 0.25) is 0 Å². The van der Waals surface area contributed by atoms with Gasteiger partial charge in [0.05, 0.1) is 19.6 Å². The Morgan fingerprint density at radius 1 is 1.04 bits per heavy atom. The summed E-state index contributed by atoms with van der Waals surface area (Å²) < 4.78 is 10.5. The van der Waals surface area contributed by atoms with Crippen molar-refractivity contribution >= 4 is 11.9 Å². The van der Waals surface area contributed by atoms with Crippen LogP contribution in [0.15, 0.2) is 48.5 Å². The lowest BCUT2D eigenvalue weighted by Crippen LogP contribution is -2.33. The molecule has 0 spiro atoms. The maximum Gasteiger partial charge on any atom is 0.305 e. The Morgan fingerprint density at radius 3 is 2.20 bits per heavy atom. The second-order valence-corrected chi connectivity index (χ2v) is 5.59. The van der Waals surface area contributed by atoms with Gasteiger partial charge in [-0.25, -0.2) is 0 Å². The maximum atomic E-state index is 12.1. The first-order valence-electron chi connectivity index (χ1n) is 7.82. The molecule has 0 saturated carbocycles. The zero-order valence-electron chi connectivity index (χ0n) is 14.2. The number of amides is 1. The van der Waals surface area contributed by atoms with E-state index in [0.717, 1.165) is 5.56 Å². The molecule has 1 amide bonds. The summed E-state index contributed by atoms with van der Waals surface area (Å²) in [6.07, 6.45) is -0.220. The molecule has 0 aliphatic rings. The fourth-order valence-electron chi connectivity index (χ4n) is 2.28. The van der Waals surface area contributed by atoms with E-state index in [1.165, 1.54) is 0 Å². The molecule has 0 aromatic heterocycles. The van der Waals surface area contributed by atoms with E-state index in [-0.39, 0.29) is 18.9 Å². The van der Waals surface area contributed by atoms with Crippen molar-refractivity contribution in [3.63, 3.8) is 0 Å². The van der Waals surface area contributed by atoms with Crippen LogP contribution in [-0.4, -0.2) is 30.7 Å². The third kappa shape index (κ3) is 5.84. The van der Waals surface area contributed by atoms with Crippen molar-refractivity contribution in [1.29, 1.82) is 0 Å². The van der Waals surface area contributed by atoms with Crippen LogP contribution in [0.4, 0.5) is 0 Å². The summed E-state index contributed by atoms with van der Waals surface area (Å²) >= 11 is 0. The van der Waals surface area contributed by atoms with E-state index >= 15 is 0 Å². The molecular weight excluding hydrogens is 322 g/mol. The van der Waals surface area contributed by atoms with Gasteiger partial charge < -0.3 is 19.9 Å². The molecule has 0 aliphatic heterocycles. The molecule has 0 bridgehead atoms. The molecule has 6 nitrogen and oxygen atoms in total. The van der Waals surface area contributed by atoms with E-state index in [2.05, 4.69) is 5.32 Å². The first-order chi connectivity index (χ1) is 12.0. The Morgan fingerprint density at radius 2 is 1.64 bits per heavy atom. The maximum absolute atomic E-state index is 12.1. The van der Waals surface area contributed by atoms with Gasteiger partial charge in [0, 0.05) is 0 Å². The number of benzene rings is 2. The van der Waals surface area contributed by atoms with Gasteiger partial charge in [0.15, 0.2) is 6.61 Å². The Kier molecular flexibility index (Phi) is 6.39. The number of nitrogens with one attached hydrogen (secondary N) is 1. The predicted octanol–water partition coefficient (Wildman–Crippen LogP) is 2.71. The molecule has 0 heterocycles. The van der Waals surface area contributed by atoms with Crippen LogP contribution in [0.5, 0.6) is 11.5 Å². The molecule has 0 fully saturated rings. The Balaban J connectivity index is 1.98. The first-order valence-corrected chi connectivity index (χ1v) is 7.82. The van der Waals surface area contributed by atoms with Crippen molar-refractivity contribution in [2.45, 2.75) is 19.4 Å². The molecule has 25 heavy (non-hydrogen) atoms. The highest BCUT2D eigenvalue weighted by Gasteiger charge is 2.18. The number of carboxylic acid groups (broad SMARTS) is 1. The highest BCUT2D eigenvalue weighted by molar-refractivity contribution is 5.79. The molecule has 1 atom stereocenters. The third-order valence-corrected chi connectivity index (χ3v) is 3.62. The van der Waals surface area contributed by atoms with E-state index in [9.17, 15) is 9.59 Å². The number of aliphatic carboxylic acids is 1. The molecule has 0 saturated heterocycles. The lowest BCUT2D eigenvalue weighted by molar-refractivity contribution is -0.137. The fourth-order valence-corrected chi connectivity index (χ4v) is 2.28. The summed E-state index contributed by atoms with van der Waals surface area (Å²) in [7, 11) is 1.55. The molecule has 0 radical (unpaired) electrons. The van der Waals surface area contributed by atoms with E-state index in [1.54, 1.807) is 43.5 Å². The predicted molar refractivity (Wildman–Crippen MR) is 92.8 cm³/mol. The standard InChI is InChI=1S/C19H21NO5/c1-13-3-7-16(8-4-13)25-12-18(21)20-17(11-19(22)23)14-5-9-15(24-2)10-6-14/h3-10,17H,11-12H2,1-2H3,(H,20,21)(H,22,23). The van der Waals surface area contributed by atoms with Gasteiger partial charge in [-0.15, -0.1) is 0 Å². The second-order valence-electron chi connectivity index (χ2n) is 5.59. The summed E-state index contributed by atoms with van der Waals surface area (Å²) in [6, 6.07) is 13.6. The summed E-state index contributed by atoms with van der Waals surface area (Å²) in [5.74, 6) is -0.143. The van der Waals surface area contributed by atoms with Gasteiger partial charge in [-0.05, 0) is 36.8 Å². The largest absolute Gasteiger partial charge is 0.497 e. The fraction of sp³-hybridized carbons (Fsp3) is 0.263. The summed E-state index contributed by atoms with van der Waals surface area (Å²) in [4.78, 5) is 23.2. The summed E-state index contributed by atoms with van der Waals surface area (Å²) in [5.41, 5.74) is 1.78. The van der Waals surface area contributed by atoms with Crippen molar-refractivity contribution in [3.8, 4) is 11.5 Å². The van der Waals surface area contributed by atoms with Crippen molar-refractivity contribution in [3.05, 3.63) is 59.7 Å². The van der Waals surface area contributed by atoms with Crippen molar-refractivity contribution in [2.75, 3.05) is 13.7 Å². The van der Waals surface area contributed by atoms with Crippen molar-refractivity contribution in [2.24, 2.45) is 0 Å². The minimum absolute atomic E-state index is 0.185. The number of rotatable bonds is 8. The van der Waals surface area contributed by atoms with Gasteiger partial charge in [0.25, 0.3) is 5.91 Å². The van der Waals surface area contributed by atoms with E-state index < -0.39 is 12.0 Å². The molecule has 2 aromatic carbocycles. The number of carbonyl (C=O) groups excluding carboxylic acids is 1. The number of carbonyl (C=O) groups is 2. The molecule has 2 N–H and O–H groups in total. The average Bonchev–Trinajstić information content (AvgIpc) is 2.60. The van der Waals surface area contributed by atoms with Crippen LogP contribution in [-0.2, 0) is 9.59 Å². The number of carboxylic acids is 1. The van der Waals surface area contributed by atoms with Gasteiger partial charge in [0.1, 0.15) is 11.5 Å². The smallest absolute Gasteiger partial charge is 0.305 e. The number of ether oxygens (including phenoxy) is 2. The van der Waals surface area contributed by atoms with Crippen LogP contribution >= 0.6 is 0 Å². The third-order valence-electron chi connectivity index (χ3n) is 3.62. The number of methoxy groups -OCH3 is 1. The topological polar surface area (TPSA) is 84.9 Å². The Hall–Kier alpha value is -3.02. The van der Waals surface area contributed by atoms with Gasteiger partial charge in [0.2, 0.25) is 0 Å². The minimum atomic E-state index is -0.999. The van der Waals surface area contributed by atoms with E-state index in [0.29, 0.717) is 17.1 Å². The van der Waals surface area contributed by atoms with Gasteiger partial charge in [-0.1, -0.05) is 29.8 Å². The Bertz CT molecular complexity index is 710. The van der Waals surface area contributed by atoms with Crippen LogP contribution in [0.25, 0.3) is 0 Å². The second kappa shape index (κ2) is 8.73. The van der Waals surface area contributed by atoms with Crippen LogP contribution in [0, 0.1) is 6.92 Å². The number of hydrogen-bond acceptors (Lipinski definition) is 4. The van der Waals surface area contributed by atoms with Crippen LogP contribution in [0.3, 0.4) is 0 Å². The molecular formula is C19H21NO5. The molecule has 2 aromatic rings. The zero-order valence-corrected chi connectivity index (χ0v) is 14.2. The lowest BCUT2D eigenvalue weighted by atomic mass is 10.0. The highest BCUT2D eigenvalue weighted by atomic mass is 16.5. The molecule has 6 heteroatoms. The molecule has 2 rings (SSSR count). The summed E-state index contributed by atoms with van der Waals surface area (Å²) in [5, 5.41) is 11.8. The minimum Gasteiger partial charge on any atom is -0.497 e. The van der Waals surface area contributed by atoms with Crippen molar-refractivity contribution in [1.82, 2.24) is 5.32 Å². The number of hydrogen-bond donors (Lipinski definition) is 2. The van der Waals surface area contributed by atoms with Crippen LogP contribution in [0.1, 0.15) is 23.6 Å². The normalized spacial score (nSPS) is 11.4. The SMILES string of the molecule is COc1ccc(C(CC(=O)O)NC(=O)COc2ccc(C)cc2)cc1. The Labute approximate surface area is 146 Å². The quantitative estimate of drug-likeness (QED) is 0.770. The molecule has 1 unspecified atom stereocenters. The highest BCUT2D eigenvalue weighted by Crippen LogP contribution is 2.20. The van der Waals surface area contributed by atoms with Crippen molar-refractivity contribution < 1.29 is 24.2 Å². The van der Waals surface area contributed by atoms with Crippen LogP contribution < -0.4 is 14.8 Å². The lowest BCUT2D eigenvalue weighted by Gasteiger charge is -2.18. The molecule has 0 aliphatic carbocycles. The van der Waals surface area contributed by atoms with E-state index in [1.807, 2.05) is 19.1 Å². The summed E-state index contributed by atoms with van der Waals surface area (Å²) in [6.45, 7) is 1.77. The zero-order chi connectivity index (χ0) is 18.2. The number of aryl methyl sites for hydroxylation is 1. The monoisotopic (exact) mass is 343 g/mol. The first kappa shape index (κ1) is 18.3.